The molecule has 0 radical (unpaired) electrons. The number of nitrogens with zero attached hydrogens (tertiary/aromatic N) is 2. The Morgan fingerprint density at radius 2 is 1.44 bits per heavy atom. The summed E-state index contributed by atoms with van der Waals surface area (Å²) in [5.41, 5.74) is 3.83. The normalized spacial score (nSPS) is 12.1. The Balaban J connectivity index is 1.43. The number of carbonyl (C=O) groups is 2. The molecule has 1 aromatic heterocycles. The molecular weight excluding hydrogens is 643 g/mol. The van der Waals surface area contributed by atoms with Crippen LogP contribution in [-0.4, -0.2) is 42.2 Å². The van der Waals surface area contributed by atoms with Gasteiger partial charge in [0.25, 0.3) is 10.0 Å². The molecule has 0 bridgehead atoms. The van der Waals surface area contributed by atoms with E-state index in [9.17, 15) is 18.0 Å². The van der Waals surface area contributed by atoms with Gasteiger partial charge in [0.1, 0.15) is 10.9 Å². The van der Waals surface area contributed by atoms with Crippen LogP contribution < -0.4 is 4.72 Å². The van der Waals surface area contributed by atoms with E-state index in [2.05, 4.69) is 4.72 Å². The van der Waals surface area contributed by atoms with Gasteiger partial charge in [-0.1, -0.05) is 117 Å². The van der Waals surface area contributed by atoms with Gasteiger partial charge in [-0.25, -0.2) is 22.9 Å². The number of benzene rings is 4. The van der Waals surface area contributed by atoms with Crippen LogP contribution in [-0.2, 0) is 32.5 Å². The lowest BCUT2D eigenvalue weighted by molar-refractivity contribution is -0.119. The van der Waals surface area contributed by atoms with E-state index in [1.54, 1.807) is 18.2 Å². The highest BCUT2D eigenvalue weighted by Crippen LogP contribution is 2.31. The molecule has 5 aromatic rings. The Kier molecular flexibility index (Phi) is 11.2. The van der Waals surface area contributed by atoms with Crippen LogP contribution in [0.2, 0.25) is 0 Å². The van der Waals surface area contributed by atoms with Crippen molar-refractivity contribution < 1.29 is 22.7 Å². The fraction of sp³-hybridized carbons (Fsp3) is 0.237. The van der Waals surface area contributed by atoms with E-state index in [-0.39, 0.29) is 11.0 Å². The Labute approximate surface area is 286 Å². The second-order valence-corrected chi connectivity index (χ2v) is 13.8. The largest absolute Gasteiger partial charge is 0.458 e. The minimum absolute atomic E-state index is 0.00598. The number of thioether (sulfide) groups is 1. The molecule has 0 saturated heterocycles. The molecule has 1 heterocycles. The first-order valence-electron chi connectivity index (χ1n) is 15.9. The first kappa shape index (κ1) is 34.7. The van der Waals surface area contributed by atoms with Crippen molar-refractivity contribution in [3.63, 3.8) is 0 Å². The number of ether oxygens (including phenoxy) is 1. The third-order valence-corrected chi connectivity index (χ3v) is 10.2. The molecule has 1 N–H and O–H groups in total. The Bertz CT molecular complexity index is 1940. The summed E-state index contributed by atoms with van der Waals surface area (Å²) in [5, 5.41) is 0.625. The summed E-state index contributed by atoms with van der Waals surface area (Å²) in [6, 6.07) is 32.3. The van der Waals surface area contributed by atoms with E-state index in [0.29, 0.717) is 52.4 Å². The molecule has 0 aliphatic heterocycles. The molecule has 48 heavy (non-hydrogen) atoms. The lowest BCUT2D eigenvalue weighted by Crippen LogP contribution is -2.35. The summed E-state index contributed by atoms with van der Waals surface area (Å²) in [6.07, 6.45) is 3.01. The fourth-order valence-electron chi connectivity index (χ4n) is 5.52. The van der Waals surface area contributed by atoms with E-state index < -0.39 is 27.8 Å². The van der Waals surface area contributed by atoms with E-state index >= 15 is 0 Å². The number of nitrogens with one attached hydrogen (secondary N) is 1. The molecule has 248 valence electrons. The van der Waals surface area contributed by atoms with Crippen LogP contribution in [0.3, 0.4) is 0 Å². The fourth-order valence-corrected chi connectivity index (χ4v) is 7.33. The zero-order valence-corrected chi connectivity index (χ0v) is 29.1. The van der Waals surface area contributed by atoms with Crippen molar-refractivity contribution in [1.82, 2.24) is 14.3 Å². The SMILES string of the molecule is CCc1nc(SC)c(C(=O)OC(C)CC)n1Cc1ccc(-c2ccccc2S(=O)(=O)NC(=O)C(c2ccccc2)c2ccccc2)cc1. The topological polar surface area (TPSA) is 107 Å². The Morgan fingerprint density at radius 3 is 2.00 bits per heavy atom. The van der Waals surface area contributed by atoms with Crippen LogP contribution in [0, 0.1) is 0 Å². The van der Waals surface area contributed by atoms with Gasteiger partial charge in [-0.15, -0.1) is 11.8 Å². The van der Waals surface area contributed by atoms with E-state index in [1.165, 1.54) is 17.8 Å². The molecule has 4 aromatic carbocycles. The summed E-state index contributed by atoms with van der Waals surface area (Å²) < 4.78 is 37.6. The standard InChI is InChI=1S/C38H39N3O5S2/c1-5-26(3)46-38(43)35-37(47-4)39-33(6-2)41(35)25-27-21-23-28(24-22-27)31-19-13-14-20-32(31)48(44,45)40-36(42)34(29-15-9-7-10-16-29)30-17-11-8-12-18-30/h7-24,26,34H,5-6,25H2,1-4H3,(H,40,42). The summed E-state index contributed by atoms with van der Waals surface area (Å²) in [4.78, 5) is 31.6. The van der Waals surface area contributed by atoms with Crippen LogP contribution >= 0.6 is 11.8 Å². The van der Waals surface area contributed by atoms with E-state index in [4.69, 9.17) is 9.72 Å². The van der Waals surface area contributed by atoms with Crippen molar-refractivity contribution in [1.29, 1.82) is 0 Å². The van der Waals surface area contributed by atoms with Gasteiger partial charge in [-0.05, 0) is 47.9 Å². The predicted molar refractivity (Wildman–Crippen MR) is 190 cm³/mol. The van der Waals surface area contributed by atoms with Gasteiger partial charge < -0.3 is 9.30 Å². The molecule has 5 rings (SSSR count). The molecule has 0 fully saturated rings. The molecular formula is C38H39N3O5S2. The minimum atomic E-state index is -4.26. The van der Waals surface area contributed by atoms with Crippen molar-refractivity contribution in [2.45, 2.75) is 62.1 Å². The highest BCUT2D eigenvalue weighted by atomic mass is 32.2. The summed E-state index contributed by atoms with van der Waals surface area (Å²) in [6.45, 7) is 6.21. The lowest BCUT2D eigenvalue weighted by atomic mass is 9.91. The summed E-state index contributed by atoms with van der Waals surface area (Å²) in [7, 11) is -4.26. The number of imidazole rings is 1. The van der Waals surface area contributed by atoms with Gasteiger partial charge in [0.05, 0.1) is 16.9 Å². The highest BCUT2D eigenvalue weighted by molar-refractivity contribution is 7.98. The molecule has 0 saturated carbocycles. The quantitative estimate of drug-likeness (QED) is 0.101. The van der Waals surface area contributed by atoms with Crippen molar-refractivity contribution in [2.75, 3.05) is 6.26 Å². The number of aryl methyl sites for hydroxylation is 1. The number of esters is 1. The molecule has 1 amide bonds. The summed E-state index contributed by atoms with van der Waals surface area (Å²) >= 11 is 1.41. The predicted octanol–water partition coefficient (Wildman–Crippen LogP) is 7.48. The monoisotopic (exact) mass is 681 g/mol. The van der Waals surface area contributed by atoms with Crippen molar-refractivity contribution >= 4 is 33.7 Å². The number of amides is 1. The maximum absolute atomic E-state index is 13.8. The molecule has 1 unspecified atom stereocenters. The second-order valence-electron chi connectivity index (χ2n) is 11.4. The smallest absolute Gasteiger partial charge is 0.358 e. The molecule has 8 nitrogen and oxygen atoms in total. The van der Waals surface area contributed by atoms with Crippen LogP contribution in [0.5, 0.6) is 0 Å². The van der Waals surface area contributed by atoms with Gasteiger partial charge in [0.15, 0.2) is 5.69 Å². The van der Waals surface area contributed by atoms with Crippen LogP contribution in [0.1, 0.15) is 66.1 Å². The van der Waals surface area contributed by atoms with Crippen LogP contribution in [0.25, 0.3) is 11.1 Å². The number of hydrogen-bond donors (Lipinski definition) is 1. The van der Waals surface area contributed by atoms with Crippen molar-refractivity contribution in [3.8, 4) is 11.1 Å². The molecule has 0 spiro atoms. The molecule has 1 atom stereocenters. The third-order valence-electron chi connectivity index (χ3n) is 8.15. The van der Waals surface area contributed by atoms with Crippen LogP contribution in [0.4, 0.5) is 0 Å². The van der Waals surface area contributed by atoms with Crippen LogP contribution in [0.15, 0.2) is 119 Å². The van der Waals surface area contributed by atoms with Gasteiger partial charge in [0, 0.05) is 18.5 Å². The number of carbonyl (C=O) groups excluding carboxylic acids is 2. The van der Waals surface area contributed by atoms with Gasteiger partial charge in [-0.2, -0.15) is 0 Å². The minimum Gasteiger partial charge on any atom is -0.458 e. The van der Waals surface area contributed by atoms with E-state index in [0.717, 1.165) is 11.4 Å². The number of hydrogen-bond acceptors (Lipinski definition) is 7. The second kappa shape index (κ2) is 15.5. The van der Waals surface area contributed by atoms with Crippen molar-refractivity contribution in [3.05, 3.63) is 137 Å². The van der Waals surface area contributed by atoms with E-state index in [1.807, 2.05) is 117 Å². The molecule has 0 aliphatic rings. The Hall–Kier alpha value is -4.67. The zero-order valence-electron chi connectivity index (χ0n) is 27.4. The van der Waals surface area contributed by atoms with Gasteiger partial charge >= 0.3 is 5.97 Å². The first-order valence-corrected chi connectivity index (χ1v) is 18.6. The average Bonchev–Trinajstić information content (AvgIpc) is 3.46. The van der Waals surface area contributed by atoms with Gasteiger partial charge in [-0.3, -0.25) is 4.79 Å². The Morgan fingerprint density at radius 1 is 0.854 bits per heavy atom. The lowest BCUT2D eigenvalue weighted by Gasteiger charge is -2.19. The maximum atomic E-state index is 13.8. The van der Waals surface area contributed by atoms with Crippen molar-refractivity contribution in [2.24, 2.45) is 0 Å². The number of aromatic nitrogens is 2. The first-order chi connectivity index (χ1) is 23.2. The molecule has 0 aliphatic carbocycles. The van der Waals surface area contributed by atoms with Gasteiger partial charge in [0.2, 0.25) is 5.91 Å². The average molecular weight is 682 g/mol. The number of rotatable bonds is 13. The third kappa shape index (κ3) is 7.72. The summed E-state index contributed by atoms with van der Waals surface area (Å²) in [5.74, 6) is -1.09. The number of sulfonamides is 1. The zero-order chi connectivity index (χ0) is 34.3. The highest BCUT2D eigenvalue weighted by Gasteiger charge is 2.29. The molecule has 10 heteroatoms. The maximum Gasteiger partial charge on any atom is 0.358 e.